The lowest BCUT2D eigenvalue weighted by molar-refractivity contribution is -0.138. The van der Waals surface area contributed by atoms with Gasteiger partial charge in [0, 0.05) is 5.69 Å². The van der Waals surface area contributed by atoms with E-state index in [0.29, 0.717) is 0 Å². The summed E-state index contributed by atoms with van der Waals surface area (Å²) in [6.07, 6.45) is 0. The molecule has 3 heteroatoms. The van der Waals surface area contributed by atoms with Crippen LogP contribution >= 0.6 is 0 Å². The summed E-state index contributed by atoms with van der Waals surface area (Å²) in [5.41, 5.74) is 0.920. The van der Waals surface area contributed by atoms with Crippen LogP contribution in [0.5, 0.6) is 0 Å². The average Bonchev–Trinajstić information content (AvgIpc) is 2.35. The van der Waals surface area contributed by atoms with Crippen LogP contribution in [0.3, 0.4) is 0 Å². The number of ether oxygens (including phenoxy) is 1. The Hall–Kier alpha value is -2.03. The van der Waals surface area contributed by atoms with Crippen LogP contribution in [0, 0.1) is 0 Å². The molecular weight excluding hydrogens is 202 g/mol. The molecule has 0 aliphatic heterocycles. The van der Waals surface area contributed by atoms with E-state index in [1.807, 2.05) is 36.4 Å². The van der Waals surface area contributed by atoms with Gasteiger partial charge in [-0.25, -0.2) is 0 Å². The highest BCUT2D eigenvalue weighted by molar-refractivity contribution is 5.86. The molecule has 0 amide bonds. The monoisotopic (exact) mass is 215 g/mol. The van der Waals surface area contributed by atoms with Crippen molar-refractivity contribution in [3.05, 3.63) is 42.5 Å². The Kier molecular flexibility index (Phi) is 3.05. The normalized spacial score (nSPS) is 10.1. The zero-order valence-electron chi connectivity index (χ0n) is 9.07. The number of esters is 1. The fourth-order valence-electron chi connectivity index (χ4n) is 1.55. The highest BCUT2D eigenvalue weighted by atomic mass is 16.5. The summed E-state index contributed by atoms with van der Waals surface area (Å²) in [6.45, 7) is 0.189. The van der Waals surface area contributed by atoms with Crippen LogP contribution < -0.4 is 5.32 Å². The summed E-state index contributed by atoms with van der Waals surface area (Å²) in [4.78, 5) is 11.0. The maximum absolute atomic E-state index is 11.0. The number of nitrogens with one attached hydrogen (secondary N) is 1. The van der Waals surface area contributed by atoms with E-state index in [1.165, 1.54) is 12.5 Å². The Morgan fingerprint density at radius 2 is 1.94 bits per heavy atom. The molecule has 0 radical (unpaired) electrons. The summed E-state index contributed by atoms with van der Waals surface area (Å²) in [5, 5.41) is 5.35. The van der Waals surface area contributed by atoms with Crippen molar-refractivity contribution < 1.29 is 9.53 Å². The first-order chi connectivity index (χ1) is 7.79. The number of hydrogen-bond donors (Lipinski definition) is 1. The van der Waals surface area contributed by atoms with Crippen molar-refractivity contribution in [3.8, 4) is 0 Å². The predicted octanol–water partition coefficient (Wildman–Crippen LogP) is 2.42. The molecule has 0 saturated heterocycles. The molecule has 2 rings (SSSR count). The Morgan fingerprint density at radius 1 is 1.19 bits per heavy atom. The summed E-state index contributed by atoms with van der Waals surface area (Å²) < 4.78 is 4.56. The molecule has 2 aromatic rings. The van der Waals surface area contributed by atoms with E-state index in [1.54, 1.807) is 0 Å². The van der Waals surface area contributed by atoms with Crippen molar-refractivity contribution in [2.45, 2.75) is 0 Å². The molecule has 0 aliphatic rings. The van der Waals surface area contributed by atoms with Gasteiger partial charge in [-0.05, 0) is 22.9 Å². The fourth-order valence-corrected chi connectivity index (χ4v) is 1.55. The van der Waals surface area contributed by atoms with Gasteiger partial charge in [-0.3, -0.25) is 4.79 Å². The largest absolute Gasteiger partial charge is 0.468 e. The first-order valence-corrected chi connectivity index (χ1v) is 5.09. The Bertz CT molecular complexity index is 508. The molecule has 82 valence electrons. The first kappa shape index (κ1) is 10.5. The van der Waals surface area contributed by atoms with Crippen molar-refractivity contribution in [2.24, 2.45) is 0 Å². The van der Waals surface area contributed by atoms with Gasteiger partial charge in [-0.1, -0.05) is 30.3 Å². The van der Waals surface area contributed by atoms with Crippen LogP contribution in [-0.4, -0.2) is 19.6 Å². The fraction of sp³-hybridized carbons (Fsp3) is 0.154. The number of anilines is 1. The van der Waals surface area contributed by atoms with E-state index < -0.39 is 0 Å². The van der Waals surface area contributed by atoms with Gasteiger partial charge in [-0.2, -0.15) is 0 Å². The standard InChI is InChI=1S/C13H13NO2/c1-16-13(15)9-14-12-7-6-10-4-2-3-5-11(10)8-12/h2-8,14H,9H2,1H3. The summed E-state index contributed by atoms with van der Waals surface area (Å²) in [7, 11) is 1.38. The van der Waals surface area contributed by atoms with E-state index >= 15 is 0 Å². The molecule has 0 aromatic heterocycles. The molecule has 0 heterocycles. The van der Waals surface area contributed by atoms with Crippen molar-refractivity contribution in [1.82, 2.24) is 0 Å². The quantitative estimate of drug-likeness (QED) is 0.799. The number of carbonyl (C=O) groups excluding carboxylic acids is 1. The smallest absolute Gasteiger partial charge is 0.325 e. The van der Waals surface area contributed by atoms with Gasteiger partial charge in [0.05, 0.1) is 7.11 Å². The highest BCUT2D eigenvalue weighted by Gasteiger charge is 2.00. The summed E-state index contributed by atoms with van der Waals surface area (Å²) in [6, 6.07) is 14.1. The van der Waals surface area contributed by atoms with Gasteiger partial charge < -0.3 is 10.1 Å². The minimum absolute atomic E-state index is 0.189. The third-order valence-electron chi connectivity index (χ3n) is 2.41. The average molecular weight is 215 g/mol. The first-order valence-electron chi connectivity index (χ1n) is 5.09. The summed E-state index contributed by atoms with van der Waals surface area (Å²) in [5.74, 6) is -0.270. The number of rotatable bonds is 3. The molecule has 0 bridgehead atoms. The van der Waals surface area contributed by atoms with E-state index in [2.05, 4.69) is 16.1 Å². The Labute approximate surface area is 94.0 Å². The molecule has 0 atom stereocenters. The number of carbonyl (C=O) groups is 1. The second kappa shape index (κ2) is 4.66. The van der Waals surface area contributed by atoms with Crippen LogP contribution in [0.2, 0.25) is 0 Å². The van der Waals surface area contributed by atoms with E-state index in [4.69, 9.17) is 0 Å². The molecule has 16 heavy (non-hydrogen) atoms. The third-order valence-corrected chi connectivity index (χ3v) is 2.41. The number of benzene rings is 2. The molecular formula is C13H13NO2. The highest BCUT2D eigenvalue weighted by Crippen LogP contribution is 2.18. The maximum atomic E-state index is 11.0. The van der Waals surface area contributed by atoms with Crippen LogP contribution in [0.4, 0.5) is 5.69 Å². The van der Waals surface area contributed by atoms with Crippen LogP contribution in [0.15, 0.2) is 42.5 Å². The second-order valence-electron chi connectivity index (χ2n) is 3.49. The number of hydrogen-bond acceptors (Lipinski definition) is 3. The number of fused-ring (bicyclic) bond motifs is 1. The zero-order chi connectivity index (χ0) is 11.4. The van der Waals surface area contributed by atoms with Crippen molar-refractivity contribution in [3.63, 3.8) is 0 Å². The summed E-state index contributed by atoms with van der Waals surface area (Å²) >= 11 is 0. The number of methoxy groups -OCH3 is 1. The lowest BCUT2D eigenvalue weighted by Crippen LogP contribution is -2.14. The Morgan fingerprint density at radius 3 is 2.69 bits per heavy atom. The van der Waals surface area contributed by atoms with Crippen LogP contribution in [-0.2, 0) is 9.53 Å². The van der Waals surface area contributed by atoms with Gasteiger partial charge in [0.1, 0.15) is 6.54 Å². The van der Waals surface area contributed by atoms with Gasteiger partial charge in [0.25, 0.3) is 0 Å². The SMILES string of the molecule is COC(=O)CNc1ccc2ccccc2c1. The second-order valence-corrected chi connectivity index (χ2v) is 3.49. The Balaban J connectivity index is 2.16. The third kappa shape index (κ3) is 2.31. The minimum Gasteiger partial charge on any atom is -0.468 e. The minimum atomic E-state index is -0.270. The molecule has 0 fully saturated rings. The zero-order valence-corrected chi connectivity index (χ0v) is 9.07. The molecule has 0 spiro atoms. The maximum Gasteiger partial charge on any atom is 0.325 e. The lowest BCUT2D eigenvalue weighted by Gasteiger charge is -2.06. The van der Waals surface area contributed by atoms with Crippen LogP contribution in [0.1, 0.15) is 0 Å². The molecule has 0 unspecified atom stereocenters. The van der Waals surface area contributed by atoms with Crippen molar-refractivity contribution in [1.29, 1.82) is 0 Å². The van der Waals surface area contributed by atoms with Gasteiger partial charge in [0.15, 0.2) is 0 Å². The predicted molar refractivity (Wildman–Crippen MR) is 64.5 cm³/mol. The van der Waals surface area contributed by atoms with Crippen LogP contribution in [0.25, 0.3) is 10.8 Å². The molecule has 0 saturated carbocycles. The van der Waals surface area contributed by atoms with Gasteiger partial charge in [0.2, 0.25) is 0 Å². The van der Waals surface area contributed by atoms with Gasteiger partial charge >= 0.3 is 5.97 Å². The van der Waals surface area contributed by atoms with Crippen molar-refractivity contribution in [2.75, 3.05) is 19.0 Å². The van der Waals surface area contributed by atoms with Gasteiger partial charge in [-0.15, -0.1) is 0 Å². The van der Waals surface area contributed by atoms with E-state index in [9.17, 15) is 4.79 Å². The van der Waals surface area contributed by atoms with E-state index in [0.717, 1.165) is 11.1 Å². The molecule has 1 N–H and O–H groups in total. The van der Waals surface area contributed by atoms with E-state index in [-0.39, 0.29) is 12.5 Å². The topological polar surface area (TPSA) is 38.3 Å². The lowest BCUT2D eigenvalue weighted by atomic mass is 10.1. The molecule has 2 aromatic carbocycles. The molecule has 0 aliphatic carbocycles. The molecule has 3 nitrogen and oxygen atoms in total. The van der Waals surface area contributed by atoms with Crippen molar-refractivity contribution >= 4 is 22.4 Å².